The van der Waals surface area contributed by atoms with Gasteiger partial charge in [0.15, 0.2) is 5.78 Å². The van der Waals surface area contributed by atoms with Crippen molar-refractivity contribution < 1.29 is 4.79 Å². The molecule has 5 rings (SSSR count). The number of aryl methyl sites for hydroxylation is 1. The molecule has 0 aromatic heterocycles. The number of carbonyl (C=O) groups is 1. The molecule has 0 saturated heterocycles. The van der Waals surface area contributed by atoms with E-state index in [0.717, 1.165) is 30.2 Å². The summed E-state index contributed by atoms with van der Waals surface area (Å²) in [5.74, 6) is 2.40. The van der Waals surface area contributed by atoms with Crippen molar-refractivity contribution in [2.45, 2.75) is 45.4 Å². The maximum Gasteiger partial charge on any atom is 0.180 e. The smallest absolute Gasteiger partial charge is 0.180 e. The zero-order valence-corrected chi connectivity index (χ0v) is 14.9. The summed E-state index contributed by atoms with van der Waals surface area (Å²) in [4.78, 5) is 18.3. The Labute approximate surface area is 149 Å². The van der Waals surface area contributed by atoms with E-state index in [2.05, 4.69) is 43.3 Å². The summed E-state index contributed by atoms with van der Waals surface area (Å²) in [6.07, 6.45) is 7.39. The second kappa shape index (κ2) is 5.79. The Balaban J connectivity index is 1.66. The Kier molecular flexibility index (Phi) is 3.55. The summed E-state index contributed by atoms with van der Waals surface area (Å²) in [5.41, 5.74) is 3.09. The van der Waals surface area contributed by atoms with Gasteiger partial charge in [-0.15, -0.1) is 0 Å². The first-order chi connectivity index (χ1) is 12.2. The molecule has 0 heterocycles. The van der Waals surface area contributed by atoms with E-state index in [9.17, 15) is 4.79 Å². The van der Waals surface area contributed by atoms with Crippen molar-refractivity contribution in [3.63, 3.8) is 0 Å². The summed E-state index contributed by atoms with van der Waals surface area (Å²) in [5, 5.41) is 2.38. The lowest BCUT2D eigenvalue weighted by Crippen LogP contribution is -2.33. The fourth-order valence-corrected chi connectivity index (χ4v) is 5.82. The van der Waals surface area contributed by atoms with Gasteiger partial charge in [0.1, 0.15) is 0 Å². The summed E-state index contributed by atoms with van der Waals surface area (Å²) in [6, 6.07) is 12.7. The normalized spacial score (nSPS) is 33.0. The van der Waals surface area contributed by atoms with Crippen LogP contribution >= 0.6 is 0 Å². The molecule has 2 aromatic carbocycles. The summed E-state index contributed by atoms with van der Waals surface area (Å²) >= 11 is 0. The van der Waals surface area contributed by atoms with Crippen molar-refractivity contribution in [3.05, 3.63) is 42.0 Å². The van der Waals surface area contributed by atoms with Crippen molar-refractivity contribution in [1.29, 1.82) is 0 Å². The lowest BCUT2D eigenvalue weighted by Gasteiger charge is -2.39. The minimum atomic E-state index is 0.262. The van der Waals surface area contributed by atoms with Crippen LogP contribution < -0.4 is 0 Å². The van der Waals surface area contributed by atoms with E-state index in [1.54, 1.807) is 0 Å². The van der Waals surface area contributed by atoms with E-state index >= 15 is 0 Å². The van der Waals surface area contributed by atoms with Crippen LogP contribution in [0.5, 0.6) is 0 Å². The van der Waals surface area contributed by atoms with E-state index in [1.807, 2.05) is 0 Å². The molecule has 3 aliphatic carbocycles. The Morgan fingerprint density at radius 1 is 0.920 bits per heavy atom. The van der Waals surface area contributed by atoms with Gasteiger partial charge in [-0.3, -0.25) is 4.79 Å². The van der Waals surface area contributed by atoms with Crippen LogP contribution in [0.4, 0.5) is 5.69 Å². The molecule has 0 spiro atoms. The standard InChI is InChI=1S/C23H25NO/c1-14-12-13-15-6-2-3-9-17(15)21(14)24-22-18-10-4-7-16-8-5-11-19(20(16)18)23(22)25/h2-3,6,9,12-13,16,18-20H,4-5,7-8,10-11H2,1H3. The molecule has 0 amide bonds. The molecule has 2 heteroatoms. The first-order valence-corrected chi connectivity index (χ1v) is 9.85. The van der Waals surface area contributed by atoms with Gasteiger partial charge in [-0.05, 0) is 42.6 Å². The first-order valence-electron chi connectivity index (χ1n) is 9.85. The van der Waals surface area contributed by atoms with E-state index in [1.165, 1.54) is 42.0 Å². The molecule has 3 saturated carbocycles. The van der Waals surface area contributed by atoms with Crippen molar-refractivity contribution in [3.8, 4) is 0 Å². The average molecular weight is 331 g/mol. The van der Waals surface area contributed by atoms with E-state index in [0.29, 0.717) is 17.6 Å². The third-order valence-corrected chi connectivity index (χ3v) is 6.93. The molecule has 2 nitrogen and oxygen atoms in total. The van der Waals surface area contributed by atoms with Crippen LogP contribution in [0.15, 0.2) is 41.4 Å². The van der Waals surface area contributed by atoms with Crippen molar-refractivity contribution >= 4 is 28.0 Å². The van der Waals surface area contributed by atoms with Gasteiger partial charge in [-0.25, -0.2) is 4.99 Å². The Bertz CT molecular complexity index is 879. The fraction of sp³-hybridized carbons (Fsp3) is 0.478. The number of ketones is 1. The highest BCUT2D eigenvalue weighted by Crippen LogP contribution is 2.52. The van der Waals surface area contributed by atoms with Gasteiger partial charge in [0.2, 0.25) is 0 Å². The van der Waals surface area contributed by atoms with Crippen LogP contribution in [0.25, 0.3) is 10.8 Å². The SMILES string of the molecule is Cc1ccc2ccccc2c1N=C1C(=O)C2CCCC3CCCC1C32. The van der Waals surface area contributed by atoms with E-state index < -0.39 is 0 Å². The minimum Gasteiger partial charge on any atom is -0.292 e. The number of Topliss-reactive ketones (excluding diaryl/α,β-unsaturated/α-hetero) is 1. The van der Waals surface area contributed by atoms with Crippen molar-refractivity contribution in [1.82, 2.24) is 0 Å². The molecule has 0 aliphatic heterocycles. The van der Waals surface area contributed by atoms with Crippen LogP contribution in [0.1, 0.15) is 44.1 Å². The first kappa shape index (κ1) is 15.3. The maximum absolute atomic E-state index is 13.2. The third kappa shape index (κ3) is 2.30. The van der Waals surface area contributed by atoms with Crippen LogP contribution in [0, 0.1) is 30.6 Å². The fourth-order valence-electron chi connectivity index (χ4n) is 5.82. The van der Waals surface area contributed by atoms with Gasteiger partial charge in [0, 0.05) is 17.2 Å². The highest BCUT2D eigenvalue weighted by atomic mass is 16.1. The monoisotopic (exact) mass is 331 g/mol. The van der Waals surface area contributed by atoms with Gasteiger partial charge >= 0.3 is 0 Å². The average Bonchev–Trinajstić information content (AvgIpc) is 2.92. The molecule has 0 N–H and O–H groups in total. The van der Waals surface area contributed by atoms with E-state index in [-0.39, 0.29) is 5.92 Å². The topological polar surface area (TPSA) is 29.4 Å². The molecule has 4 atom stereocenters. The molecule has 3 fully saturated rings. The summed E-state index contributed by atoms with van der Waals surface area (Å²) < 4.78 is 0. The number of benzene rings is 2. The Morgan fingerprint density at radius 2 is 1.68 bits per heavy atom. The second-order valence-corrected chi connectivity index (χ2v) is 8.23. The number of aliphatic imine (C=N–C) groups is 1. The number of hydrogen-bond acceptors (Lipinski definition) is 2. The zero-order chi connectivity index (χ0) is 17.0. The van der Waals surface area contributed by atoms with Gasteiger partial charge in [-0.2, -0.15) is 0 Å². The highest BCUT2D eigenvalue weighted by Gasteiger charge is 2.52. The highest BCUT2D eigenvalue weighted by molar-refractivity contribution is 6.44. The number of carbonyl (C=O) groups excluding carboxylic acids is 1. The predicted octanol–water partition coefficient (Wildman–Crippen LogP) is 5.64. The molecule has 2 aromatic rings. The lowest BCUT2D eigenvalue weighted by molar-refractivity contribution is -0.118. The van der Waals surface area contributed by atoms with Gasteiger partial charge in [0.25, 0.3) is 0 Å². The lowest BCUT2D eigenvalue weighted by atomic mass is 9.65. The maximum atomic E-state index is 13.2. The second-order valence-electron chi connectivity index (χ2n) is 8.23. The third-order valence-electron chi connectivity index (χ3n) is 6.93. The Morgan fingerprint density at radius 3 is 2.52 bits per heavy atom. The Hall–Kier alpha value is -1.96. The molecule has 0 bridgehead atoms. The van der Waals surface area contributed by atoms with E-state index in [4.69, 9.17) is 4.99 Å². The molecule has 3 aliphatic rings. The van der Waals surface area contributed by atoms with Crippen molar-refractivity contribution in [2.75, 3.05) is 0 Å². The molecular formula is C23H25NO. The number of fused-ring (bicyclic) bond motifs is 1. The number of rotatable bonds is 1. The number of hydrogen-bond donors (Lipinski definition) is 0. The van der Waals surface area contributed by atoms with Gasteiger partial charge in [0.05, 0.1) is 11.4 Å². The molecular weight excluding hydrogens is 306 g/mol. The number of nitrogens with zero attached hydrogens (tertiary/aromatic N) is 1. The molecule has 0 radical (unpaired) electrons. The largest absolute Gasteiger partial charge is 0.292 e. The van der Waals surface area contributed by atoms with Gasteiger partial charge in [-0.1, -0.05) is 62.1 Å². The van der Waals surface area contributed by atoms with Crippen LogP contribution in [-0.2, 0) is 4.79 Å². The minimum absolute atomic E-state index is 0.262. The van der Waals surface area contributed by atoms with Crippen LogP contribution in [0.2, 0.25) is 0 Å². The molecule has 4 unspecified atom stereocenters. The quantitative estimate of drug-likeness (QED) is 0.665. The van der Waals surface area contributed by atoms with Crippen LogP contribution in [0.3, 0.4) is 0 Å². The van der Waals surface area contributed by atoms with Gasteiger partial charge < -0.3 is 0 Å². The molecule has 128 valence electrons. The predicted molar refractivity (Wildman–Crippen MR) is 102 cm³/mol. The van der Waals surface area contributed by atoms with Crippen molar-refractivity contribution in [2.24, 2.45) is 28.7 Å². The summed E-state index contributed by atoms with van der Waals surface area (Å²) in [7, 11) is 0. The summed E-state index contributed by atoms with van der Waals surface area (Å²) in [6.45, 7) is 2.11. The molecule has 25 heavy (non-hydrogen) atoms. The van der Waals surface area contributed by atoms with Crippen LogP contribution in [-0.4, -0.2) is 11.5 Å². The zero-order valence-electron chi connectivity index (χ0n) is 14.9.